The van der Waals surface area contributed by atoms with Gasteiger partial charge in [-0.2, -0.15) is 0 Å². The van der Waals surface area contributed by atoms with Crippen LogP contribution in [0, 0.1) is 6.42 Å². The van der Waals surface area contributed by atoms with Gasteiger partial charge in [0, 0.05) is 22.1 Å². The highest BCUT2D eigenvalue weighted by Crippen LogP contribution is 2.38. The summed E-state index contributed by atoms with van der Waals surface area (Å²) in [5.74, 6) is 0. The Labute approximate surface area is 114 Å². The van der Waals surface area contributed by atoms with E-state index in [1.165, 1.54) is 0 Å². The molecule has 1 radical (unpaired) electrons. The molecule has 83 valence electrons. The molecule has 0 fully saturated rings. The molecule has 0 amide bonds. The first-order chi connectivity index (χ1) is 7.59. The Balaban J connectivity index is 2.51. The fourth-order valence-corrected chi connectivity index (χ4v) is 2.46. The van der Waals surface area contributed by atoms with Crippen molar-refractivity contribution in [2.45, 2.75) is 6.42 Å². The number of allylic oxidation sites excluding steroid dienone is 4. The van der Waals surface area contributed by atoms with E-state index in [1.54, 1.807) is 12.1 Å². The van der Waals surface area contributed by atoms with E-state index in [0.29, 0.717) is 20.1 Å². The van der Waals surface area contributed by atoms with Crippen LogP contribution < -0.4 is 0 Å². The molecule has 0 nitrogen and oxygen atoms in total. The van der Waals surface area contributed by atoms with Gasteiger partial charge >= 0.3 is 0 Å². The molecular weight excluding hydrogens is 286 g/mol. The maximum atomic E-state index is 6.13. The molecule has 0 spiro atoms. The maximum absolute atomic E-state index is 6.13. The van der Waals surface area contributed by atoms with E-state index in [9.17, 15) is 0 Å². The van der Waals surface area contributed by atoms with Crippen LogP contribution in [0.25, 0.3) is 5.57 Å². The molecule has 1 aromatic carbocycles. The Bertz CT molecular complexity index is 486. The summed E-state index contributed by atoms with van der Waals surface area (Å²) < 4.78 is 0. The molecule has 0 atom stereocenters. The number of benzene rings is 1. The standard InChI is InChI=1S/C12H7Cl4/c13-8-5-4-7(6-11(8)16)12-9(14)2-1-3-10(12)15/h2-6H,1H2. The zero-order chi connectivity index (χ0) is 11.7. The molecule has 1 aliphatic carbocycles. The normalized spacial score (nSPS) is 16.4. The number of halogens is 4. The summed E-state index contributed by atoms with van der Waals surface area (Å²) in [5.41, 5.74) is 1.67. The van der Waals surface area contributed by atoms with Crippen LogP contribution in [0.1, 0.15) is 12.0 Å². The predicted molar refractivity (Wildman–Crippen MR) is 72.1 cm³/mol. The van der Waals surface area contributed by atoms with Gasteiger partial charge in [-0.1, -0.05) is 58.5 Å². The lowest BCUT2D eigenvalue weighted by Gasteiger charge is -2.14. The van der Waals surface area contributed by atoms with Crippen molar-refractivity contribution in [2.24, 2.45) is 0 Å². The van der Waals surface area contributed by atoms with Crippen LogP contribution in [0.2, 0.25) is 10.0 Å². The van der Waals surface area contributed by atoms with Gasteiger partial charge in [0.25, 0.3) is 0 Å². The van der Waals surface area contributed by atoms with Gasteiger partial charge in [-0.15, -0.1) is 0 Å². The second-order valence-corrected chi connectivity index (χ2v) is 4.97. The Morgan fingerprint density at radius 3 is 2.31 bits per heavy atom. The lowest BCUT2D eigenvalue weighted by atomic mass is 9.99. The summed E-state index contributed by atoms with van der Waals surface area (Å²) in [6.07, 6.45) is 4.57. The second-order valence-electron chi connectivity index (χ2n) is 3.34. The first-order valence-corrected chi connectivity index (χ1v) is 6.15. The van der Waals surface area contributed by atoms with Crippen LogP contribution in [-0.2, 0) is 0 Å². The molecular formula is C12H7Cl4. The minimum absolute atomic E-state index is 0.492. The van der Waals surface area contributed by atoms with Gasteiger partial charge in [-0.3, -0.25) is 0 Å². The SMILES string of the molecule is ClC1=CC[CH]C(Cl)=C1c1ccc(Cl)c(Cl)c1. The Hall–Kier alpha value is -0.140. The van der Waals surface area contributed by atoms with Crippen molar-refractivity contribution in [2.75, 3.05) is 0 Å². The lowest BCUT2D eigenvalue weighted by Crippen LogP contribution is -1.94. The molecule has 0 N–H and O–H groups in total. The third-order valence-electron chi connectivity index (χ3n) is 2.28. The van der Waals surface area contributed by atoms with Gasteiger partial charge in [-0.05, 0) is 24.1 Å². The predicted octanol–water partition coefficient (Wildman–Crippen LogP) is 5.67. The van der Waals surface area contributed by atoms with Gasteiger partial charge in [0.05, 0.1) is 10.0 Å². The zero-order valence-corrected chi connectivity index (χ0v) is 11.1. The highest BCUT2D eigenvalue weighted by Gasteiger charge is 2.16. The summed E-state index contributed by atoms with van der Waals surface area (Å²) in [5, 5.41) is 2.30. The summed E-state index contributed by atoms with van der Waals surface area (Å²) in [6, 6.07) is 5.34. The minimum Gasteiger partial charge on any atom is -0.0881 e. The van der Waals surface area contributed by atoms with Crippen molar-refractivity contribution in [1.82, 2.24) is 0 Å². The van der Waals surface area contributed by atoms with E-state index in [-0.39, 0.29) is 0 Å². The fourth-order valence-electron chi connectivity index (χ4n) is 1.51. The quantitative estimate of drug-likeness (QED) is 0.625. The largest absolute Gasteiger partial charge is 0.0881 e. The van der Waals surface area contributed by atoms with Crippen molar-refractivity contribution >= 4 is 52.0 Å². The number of hydrogen-bond acceptors (Lipinski definition) is 0. The van der Waals surface area contributed by atoms with Gasteiger partial charge in [-0.25, -0.2) is 0 Å². The molecule has 0 unspecified atom stereocenters. The topological polar surface area (TPSA) is 0 Å². The van der Waals surface area contributed by atoms with Gasteiger partial charge in [0.2, 0.25) is 0 Å². The average molecular weight is 293 g/mol. The fraction of sp³-hybridized carbons (Fsp3) is 0.0833. The molecule has 1 aromatic rings. The van der Waals surface area contributed by atoms with E-state index in [4.69, 9.17) is 46.4 Å². The summed E-state index contributed by atoms with van der Waals surface area (Å²) in [7, 11) is 0. The molecule has 0 bridgehead atoms. The molecule has 0 saturated heterocycles. The molecule has 0 heterocycles. The molecule has 0 saturated carbocycles. The van der Waals surface area contributed by atoms with Crippen LogP contribution in [0.5, 0.6) is 0 Å². The van der Waals surface area contributed by atoms with Crippen LogP contribution >= 0.6 is 46.4 Å². The van der Waals surface area contributed by atoms with Crippen LogP contribution in [-0.4, -0.2) is 0 Å². The molecule has 0 aromatic heterocycles. The Kier molecular flexibility index (Phi) is 3.86. The minimum atomic E-state index is 0.492. The van der Waals surface area contributed by atoms with Gasteiger partial charge in [0.15, 0.2) is 0 Å². The van der Waals surface area contributed by atoms with Gasteiger partial charge in [0.1, 0.15) is 0 Å². The third kappa shape index (κ3) is 2.41. The van der Waals surface area contributed by atoms with Gasteiger partial charge < -0.3 is 0 Å². The molecule has 0 aliphatic heterocycles. The van der Waals surface area contributed by atoms with Crippen LogP contribution in [0.15, 0.2) is 34.3 Å². The second kappa shape index (κ2) is 5.01. The first kappa shape index (κ1) is 12.3. The van der Waals surface area contributed by atoms with Crippen molar-refractivity contribution in [3.63, 3.8) is 0 Å². The zero-order valence-electron chi connectivity index (χ0n) is 8.11. The molecule has 16 heavy (non-hydrogen) atoms. The Morgan fingerprint density at radius 2 is 1.69 bits per heavy atom. The van der Waals surface area contributed by atoms with Crippen molar-refractivity contribution in [1.29, 1.82) is 0 Å². The maximum Gasteiger partial charge on any atom is 0.0598 e. The molecule has 2 rings (SSSR count). The van der Waals surface area contributed by atoms with Crippen molar-refractivity contribution < 1.29 is 0 Å². The smallest absolute Gasteiger partial charge is 0.0598 e. The van der Waals surface area contributed by atoms with E-state index in [2.05, 4.69) is 0 Å². The van der Waals surface area contributed by atoms with E-state index in [1.807, 2.05) is 18.6 Å². The van der Waals surface area contributed by atoms with E-state index < -0.39 is 0 Å². The number of rotatable bonds is 1. The lowest BCUT2D eigenvalue weighted by molar-refractivity contribution is 1.24. The number of hydrogen-bond donors (Lipinski definition) is 0. The van der Waals surface area contributed by atoms with Crippen molar-refractivity contribution in [3.8, 4) is 0 Å². The molecule has 1 aliphatic rings. The first-order valence-electron chi connectivity index (χ1n) is 4.64. The monoisotopic (exact) mass is 291 g/mol. The summed E-state index contributed by atoms with van der Waals surface area (Å²) >= 11 is 24.1. The average Bonchev–Trinajstić information content (AvgIpc) is 2.23. The van der Waals surface area contributed by atoms with Crippen molar-refractivity contribution in [3.05, 3.63) is 56.4 Å². The molecule has 4 heteroatoms. The highest BCUT2D eigenvalue weighted by atomic mass is 35.5. The highest BCUT2D eigenvalue weighted by molar-refractivity contribution is 6.44. The summed E-state index contributed by atoms with van der Waals surface area (Å²) in [6.45, 7) is 0. The van der Waals surface area contributed by atoms with E-state index in [0.717, 1.165) is 17.6 Å². The van der Waals surface area contributed by atoms with Crippen LogP contribution in [0.4, 0.5) is 0 Å². The summed E-state index contributed by atoms with van der Waals surface area (Å²) in [4.78, 5) is 0. The van der Waals surface area contributed by atoms with Crippen LogP contribution in [0.3, 0.4) is 0 Å². The third-order valence-corrected chi connectivity index (χ3v) is 3.71. The van der Waals surface area contributed by atoms with E-state index >= 15 is 0 Å². The Morgan fingerprint density at radius 1 is 0.938 bits per heavy atom.